The third-order valence-corrected chi connectivity index (χ3v) is 3.33. The average molecular weight is 416 g/mol. The Balaban J connectivity index is 3.29. The lowest BCUT2D eigenvalue weighted by Gasteiger charge is -2.43. The van der Waals surface area contributed by atoms with Crippen molar-refractivity contribution in [1.29, 1.82) is 0 Å². The first-order chi connectivity index (χ1) is 13.5. The summed E-state index contributed by atoms with van der Waals surface area (Å²) in [7, 11) is 0. The molecule has 1 heterocycles. The Morgan fingerprint density at radius 1 is 0.828 bits per heavy atom. The van der Waals surface area contributed by atoms with Crippen LogP contribution in [0.1, 0.15) is 27.7 Å². The summed E-state index contributed by atoms with van der Waals surface area (Å²) in [6.07, 6.45) is -6.73. The zero-order chi connectivity index (χ0) is 22.1. The van der Waals surface area contributed by atoms with Crippen LogP contribution in [-0.4, -0.2) is 78.2 Å². The fourth-order valence-electron chi connectivity index (χ4n) is 2.50. The van der Waals surface area contributed by atoms with Crippen LogP contribution >= 0.6 is 0 Å². The van der Waals surface area contributed by atoms with Gasteiger partial charge < -0.3 is 34.0 Å². The summed E-state index contributed by atoms with van der Waals surface area (Å²) in [5.41, 5.74) is 8.35. The molecule has 29 heavy (non-hydrogen) atoms. The van der Waals surface area contributed by atoms with E-state index < -0.39 is 67.2 Å². The van der Waals surface area contributed by atoms with Gasteiger partial charge in [0.2, 0.25) is 12.4 Å². The summed E-state index contributed by atoms with van der Waals surface area (Å²) in [5, 5.41) is 0. The van der Waals surface area contributed by atoms with Crippen molar-refractivity contribution in [3.05, 3.63) is 5.53 Å². The van der Waals surface area contributed by atoms with Crippen molar-refractivity contribution in [2.45, 2.75) is 58.4 Å². The fourth-order valence-corrected chi connectivity index (χ4v) is 2.50. The van der Waals surface area contributed by atoms with Crippen molar-refractivity contribution in [3.63, 3.8) is 0 Å². The Hall–Kier alpha value is -3.31. The number of ether oxygens (including phenoxy) is 6. The van der Waals surface area contributed by atoms with E-state index in [4.69, 9.17) is 34.0 Å². The molecule has 1 saturated heterocycles. The van der Waals surface area contributed by atoms with Crippen LogP contribution in [0.2, 0.25) is 0 Å². The van der Waals surface area contributed by atoms with Gasteiger partial charge in [0.1, 0.15) is 12.7 Å². The number of esters is 5. The van der Waals surface area contributed by atoms with E-state index in [2.05, 4.69) is 4.79 Å². The third kappa shape index (κ3) is 7.68. The molecule has 13 nitrogen and oxygen atoms in total. The van der Waals surface area contributed by atoms with E-state index in [0.717, 1.165) is 27.7 Å². The maximum absolute atomic E-state index is 11.6. The molecule has 1 fully saturated rings. The van der Waals surface area contributed by atoms with E-state index in [1.807, 2.05) is 0 Å². The summed E-state index contributed by atoms with van der Waals surface area (Å²) >= 11 is 0. The second-order valence-electron chi connectivity index (χ2n) is 5.75. The van der Waals surface area contributed by atoms with Crippen molar-refractivity contribution in [2.75, 3.05) is 6.61 Å². The number of nitrogens with zero attached hydrogens (tertiary/aromatic N) is 2. The molecular weight excluding hydrogens is 396 g/mol. The molecule has 0 bridgehead atoms. The highest BCUT2D eigenvalue weighted by atomic mass is 16.7. The first-order valence-corrected chi connectivity index (χ1v) is 8.23. The van der Waals surface area contributed by atoms with Crippen molar-refractivity contribution < 1.29 is 57.2 Å². The maximum Gasteiger partial charge on any atom is 0.413 e. The van der Waals surface area contributed by atoms with Gasteiger partial charge in [-0.2, -0.15) is 4.79 Å². The second kappa shape index (κ2) is 10.9. The average Bonchev–Trinajstić information content (AvgIpc) is 2.57. The molecule has 0 N–H and O–H groups in total. The van der Waals surface area contributed by atoms with E-state index in [9.17, 15) is 24.0 Å². The van der Waals surface area contributed by atoms with Gasteiger partial charge >= 0.3 is 36.1 Å². The van der Waals surface area contributed by atoms with E-state index in [1.165, 1.54) is 0 Å². The first kappa shape index (κ1) is 23.7. The molecule has 0 aliphatic carbocycles. The molecule has 0 radical (unpaired) electrons. The Labute approximate surface area is 164 Å². The molecule has 0 spiro atoms. The molecule has 160 valence electrons. The molecule has 0 saturated carbocycles. The Kier molecular flexibility index (Phi) is 8.90. The molecule has 13 heteroatoms. The second-order valence-corrected chi connectivity index (χ2v) is 5.75. The molecule has 1 aliphatic rings. The summed E-state index contributed by atoms with van der Waals surface area (Å²) < 4.78 is 30.6. The predicted octanol–water partition coefficient (Wildman–Crippen LogP) is -1.09. The van der Waals surface area contributed by atoms with Crippen LogP contribution in [0.5, 0.6) is 0 Å². The van der Waals surface area contributed by atoms with Crippen LogP contribution in [-0.2, 0) is 52.4 Å². The SMILES string of the molecule is CC(=O)O[C@@H]1O[C@H](COC(=O)C=[N+]=[N-])[C@@H](OC(C)=O)[C@H](OC(C)=O)[C@H]1OC(C)=O. The zero-order valence-electron chi connectivity index (χ0n) is 16.1. The quantitative estimate of drug-likeness (QED) is 0.162. The molecule has 1 rings (SSSR count). The minimum absolute atomic E-state index is 0.457. The van der Waals surface area contributed by atoms with E-state index in [1.54, 1.807) is 0 Å². The number of carbonyl (C=O) groups excluding carboxylic acids is 5. The zero-order valence-corrected chi connectivity index (χ0v) is 16.1. The highest BCUT2D eigenvalue weighted by molar-refractivity contribution is 6.20. The van der Waals surface area contributed by atoms with Gasteiger partial charge in [0.15, 0.2) is 12.2 Å². The number of rotatable bonds is 7. The highest BCUT2D eigenvalue weighted by Crippen LogP contribution is 2.29. The van der Waals surface area contributed by atoms with Gasteiger partial charge in [0, 0.05) is 27.7 Å². The maximum atomic E-state index is 11.6. The monoisotopic (exact) mass is 416 g/mol. The molecule has 1 aliphatic heterocycles. The smallest absolute Gasteiger partial charge is 0.413 e. The van der Waals surface area contributed by atoms with E-state index in [0.29, 0.717) is 6.21 Å². The third-order valence-electron chi connectivity index (χ3n) is 3.33. The Morgan fingerprint density at radius 2 is 1.31 bits per heavy atom. The summed E-state index contributed by atoms with van der Waals surface area (Å²) in [4.78, 5) is 60.0. The van der Waals surface area contributed by atoms with Crippen LogP contribution in [0.25, 0.3) is 5.53 Å². The lowest BCUT2D eigenvalue weighted by Crippen LogP contribution is -2.63. The van der Waals surface area contributed by atoms with Crippen LogP contribution in [0, 0.1) is 0 Å². The lowest BCUT2D eigenvalue weighted by molar-refractivity contribution is -0.300. The van der Waals surface area contributed by atoms with Gasteiger partial charge in [-0.3, -0.25) is 19.2 Å². The van der Waals surface area contributed by atoms with E-state index in [-0.39, 0.29) is 0 Å². The van der Waals surface area contributed by atoms with Gasteiger partial charge in [-0.05, 0) is 0 Å². The summed E-state index contributed by atoms with van der Waals surface area (Å²) in [5.74, 6) is -4.33. The van der Waals surface area contributed by atoms with Crippen molar-refractivity contribution in [1.82, 2.24) is 0 Å². The normalized spacial score (nSPS) is 25.6. The van der Waals surface area contributed by atoms with Crippen molar-refractivity contribution >= 4 is 36.1 Å². The number of hydrogen-bond donors (Lipinski definition) is 0. The van der Waals surface area contributed by atoms with Gasteiger partial charge in [-0.15, -0.1) is 0 Å². The van der Waals surface area contributed by atoms with Gasteiger partial charge in [-0.1, -0.05) is 0 Å². The predicted molar refractivity (Wildman–Crippen MR) is 87.7 cm³/mol. The molecule has 0 unspecified atom stereocenters. The Bertz CT molecular complexity index is 716. The van der Waals surface area contributed by atoms with Crippen LogP contribution in [0.15, 0.2) is 0 Å². The van der Waals surface area contributed by atoms with Crippen molar-refractivity contribution in [2.24, 2.45) is 0 Å². The number of hydrogen-bond acceptors (Lipinski definition) is 11. The van der Waals surface area contributed by atoms with Crippen LogP contribution < -0.4 is 0 Å². The molecule has 5 atom stereocenters. The topological polar surface area (TPSA) is 177 Å². The molecule has 0 aromatic heterocycles. The minimum Gasteiger partial charge on any atom is -0.455 e. The summed E-state index contributed by atoms with van der Waals surface area (Å²) in [6.45, 7) is 3.65. The van der Waals surface area contributed by atoms with Crippen molar-refractivity contribution in [3.8, 4) is 0 Å². The van der Waals surface area contributed by atoms with Gasteiger partial charge in [-0.25, -0.2) is 4.79 Å². The highest BCUT2D eigenvalue weighted by Gasteiger charge is 2.53. The molecule has 0 amide bonds. The fraction of sp³-hybridized carbons (Fsp3) is 0.625. The van der Waals surface area contributed by atoms with Crippen LogP contribution in [0.4, 0.5) is 0 Å². The first-order valence-electron chi connectivity index (χ1n) is 8.23. The van der Waals surface area contributed by atoms with Gasteiger partial charge in [0.05, 0.1) is 0 Å². The Morgan fingerprint density at radius 3 is 1.79 bits per heavy atom. The number of carbonyl (C=O) groups is 5. The molecular formula is C16H20N2O11. The molecule has 0 aromatic rings. The largest absolute Gasteiger partial charge is 0.455 e. The molecule has 0 aromatic carbocycles. The standard InChI is InChI=1S/C16H20N2O11/c1-7(19)25-13-11(6-24-12(23)5-18-17)29-16(28-10(4)22)15(27-9(3)21)14(13)26-8(2)20/h5,11,13-16H,6H2,1-4H3/t11-,13-,14+,15-,16-/m1/s1. The van der Waals surface area contributed by atoms with Crippen LogP contribution in [0.3, 0.4) is 0 Å². The van der Waals surface area contributed by atoms with E-state index >= 15 is 0 Å². The summed E-state index contributed by atoms with van der Waals surface area (Å²) in [6, 6.07) is 0. The van der Waals surface area contributed by atoms with Gasteiger partial charge in [0.25, 0.3) is 0 Å². The lowest BCUT2D eigenvalue weighted by atomic mass is 9.98. The minimum atomic E-state index is -1.57.